The van der Waals surface area contributed by atoms with Gasteiger partial charge in [0.25, 0.3) is 0 Å². The van der Waals surface area contributed by atoms with E-state index in [-0.39, 0.29) is 23.9 Å². The highest BCUT2D eigenvalue weighted by Gasteiger charge is 2.48. The van der Waals surface area contributed by atoms with Crippen LogP contribution in [0.2, 0.25) is 0 Å². The van der Waals surface area contributed by atoms with Gasteiger partial charge in [0.15, 0.2) is 11.5 Å². The molecule has 1 amide bonds. The molecule has 190 valence electrons. The van der Waals surface area contributed by atoms with E-state index in [0.717, 1.165) is 16.7 Å². The van der Waals surface area contributed by atoms with E-state index in [0.29, 0.717) is 43.1 Å². The Morgan fingerprint density at radius 1 is 1.00 bits per heavy atom. The summed E-state index contributed by atoms with van der Waals surface area (Å²) >= 11 is 0. The number of hydrogen-bond donors (Lipinski definition) is 2. The highest BCUT2D eigenvalue weighted by Crippen LogP contribution is 2.40. The van der Waals surface area contributed by atoms with Crippen molar-refractivity contribution in [1.29, 1.82) is 0 Å². The molecule has 2 saturated heterocycles. The number of aryl methyl sites for hydroxylation is 2. The average molecular weight is 502 g/mol. The Morgan fingerprint density at radius 2 is 1.69 bits per heavy atom. The summed E-state index contributed by atoms with van der Waals surface area (Å²) in [5.41, 5.74) is 3.73. The number of likely N-dealkylation sites (tertiary alicyclic amines) is 1. The third kappa shape index (κ3) is 5.17. The van der Waals surface area contributed by atoms with Crippen molar-refractivity contribution in [2.45, 2.75) is 45.0 Å². The summed E-state index contributed by atoms with van der Waals surface area (Å²) in [6, 6.07) is 11.2. The number of piperidine rings is 1. The topological polar surface area (TPSA) is 97.0 Å². The van der Waals surface area contributed by atoms with E-state index in [1.54, 1.807) is 32.4 Å². The van der Waals surface area contributed by atoms with Gasteiger partial charge >= 0.3 is 0 Å². The second-order valence-electron chi connectivity index (χ2n) is 9.60. The molecule has 0 bridgehead atoms. The van der Waals surface area contributed by atoms with Crippen LogP contribution in [0.4, 0.5) is 5.69 Å². The Kier molecular flexibility index (Phi) is 7.40. The van der Waals surface area contributed by atoms with Gasteiger partial charge in [-0.1, -0.05) is 25.1 Å². The number of carbonyl (C=O) groups is 1. The molecule has 35 heavy (non-hydrogen) atoms. The van der Waals surface area contributed by atoms with Crippen molar-refractivity contribution in [3.63, 3.8) is 0 Å². The lowest BCUT2D eigenvalue weighted by atomic mass is 9.91. The van der Waals surface area contributed by atoms with Crippen LogP contribution >= 0.6 is 0 Å². The molecule has 3 unspecified atom stereocenters. The van der Waals surface area contributed by atoms with E-state index in [4.69, 9.17) is 9.47 Å². The molecule has 0 saturated carbocycles. The number of nitrogens with zero attached hydrogens (tertiary/aromatic N) is 1. The van der Waals surface area contributed by atoms with Gasteiger partial charge in [-0.15, -0.1) is 0 Å². The van der Waals surface area contributed by atoms with Gasteiger partial charge in [0.2, 0.25) is 15.9 Å². The van der Waals surface area contributed by atoms with Gasteiger partial charge < -0.3 is 14.8 Å². The van der Waals surface area contributed by atoms with Crippen molar-refractivity contribution in [2.24, 2.45) is 11.8 Å². The molecule has 3 atom stereocenters. The molecule has 2 N–H and O–H groups in total. The van der Waals surface area contributed by atoms with Crippen molar-refractivity contribution in [1.82, 2.24) is 9.62 Å². The van der Waals surface area contributed by atoms with E-state index in [1.165, 1.54) is 0 Å². The van der Waals surface area contributed by atoms with Crippen LogP contribution in [0.3, 0.4) is 0 Å². The lowest BCUT2D eigenvalue weighted by Crippen LogP contribution is -2.50. The molecule has 8 nitrogen and oxygen atoms in total. The summed E-state index contributed by atoms with van der Waals surface area (Å²) in [6.07, 6.45) is 1.05. The normalized spacial score (nSPS) is 24.8. The molecule has 2 fully saturated rings. The molecule has 2 aliphatic rings. The standard InChI is InChI=1S/C26H35N3O5S/c1-16-6-7-20(14-17(16)2)24-18(3)25(28-35(24,31)32)29-12-10-19(11-13-29)26(30)27-21-8-9-22(33-4)23(15-21)34-5/h6-9,14-15,18-19,24-25,28H,10-13H2,1-5H3,(H,27,30). The molecule has 2 heterocycles. The van der Waals surface area contributed by atoms with Crippen LogP contribution in [-0.2, 0) is 14.8 Å². The Labute approximate surface area is 208 Å². The molecule has 0 spiro atoms. The molecule has 4 rings (SSSR count). The summed E-state index contributed by atoms with van der Waals surface area (Å²) in [4.78, 5) is 15.1. The highest BCUT2D eigenvalue weighted by atomic mass is 32.2. The predicted molar refractivity (Wildman–Crippen MR) is 136 cm³/mol. The van der Waals surface area contributed by atoms with Crippen LogP contribution in [0.25, 0.3) is 0 Å². The maximum Gasteiger partial charge on any atom is 0.227 e. The number of sulfonamides is 1. The SMILES string of the molecule is COc1ccc(NC(=O)C2CCN(C3NS(=O)(=O)C(c4ccc(C)c(C)c4)C3C)CC2)cc1OC. The molecule has 2 aromatic rings. The Morgan fingerprint density at radius 3 is 2.31 bits per heavy atom. The molecule has 0 radical (unpaired) electrons. The monoisotopic (exact) mass is 501 g/mol. The van der Waals surface area contributed by atoms with E-state index >= 15 is 0 Å². The van der Waals surface area contributed by atoms with Gasteiger partial charge in [-0.3, -0.25) is 9.69 Å². The molecular formula is C26H35N3O5S. The third-order valence-electron chi connectivity index (χ3n) is 7.40. The number of rotatable bonds is 6. The lowest BCUT2D eigenvalue weighted by Gasteiger charge is -2.36. The number of hydrogen-bond acceptors (Lipinski definition) is 6. The number of benzene rings is 2. The Bertz CT molecular complexity index is 1190. The Balaban J connectivity index is 1.39. The Hall–Kier alpha value is -2.62. The van der Waals surface area contributed by atoms with Crippen molar-refractivity contribution < 1.29 is 22.7 Å². The summed E-state index contributed by atoms with van der Waals surface area (Å²) in [6.45, 7) is 7.34. The zero-order valence-electron chi connectivity index (χ0n) is 21.0. The average Bonchev–Trinajstić information content (AvgIpc) is 3.09. The summed E-state index contributed by atoms with van der Waals surface area (Å²) < 4.78 is 39.6. The minimum atomic E-state index is -3.49. The van der Waals surface area contributed by atoms with Crippen LogP contribution in [0, 0.1) is 25.7 Å². The van der Waals surface area contributed by atoms with Crippen molar-refractivity contribution in [3.8, 4) is 11.5 Å². The van der Waals surface area contributed by atoms with Crippen LogP contribution < -0.4 is 19.5 Å². The first kappa shape index (κ1) is 25.5. The maximum atomic E-state index is 13.1. The van der Waals surface area contributed by atoms with Gasteiger partial charge in [-0.05, 0) is 55.5 Å². The van der Waals surface area contributed by atoms with Gasteiger partial charge in [0, 0.05) is 36.7 Å². The zero-order valence-corrected chi connectivity index (χ0v) is 21.8. The fourth-order valence-electron chi connectivity index (χ4n) is 5.23. The van der Waals surface area contributed by atoms with Crippen LogP contribution in [0.5, 0.6) is 11.5 Å². The number of ether oxygens (including phenoxy) is 2. The minimum absolute atomic E-state index is 0.0371. The van der Waals surface area contributed by atoms with Gasteiger partial charge in [-0.25, -0.2) is 8.42 Å². The molecule has 9 heteroatoms. The van der Waals surface area contributed by atoms with Gasteiger partial charge in [0.05, 0.1) is 20.4 Å². The second-order valence-corrected chi connectivity index (χ2v) is 11.4. The highest BCUT2D eigenvalue weighted by molar-refractivity contribution is 7.90. The fourth-order valence-corrected chi connectivity index (χ4v) is 7.29. The zero-order chi connectivity index (χ0) is 25.3. The summed E-state index contributed by atoms with van der Waals surface area (Å²) in [7, 11) is -0.367. The summed E-state index contributed by atoms with van der Waals surface area (Å²) in [5.74, 6) is 0.874. The molecule has 0 aromatic heterocycles. The second kappa shape index (κ2) is 10.2. The molecular weight excluding hydrogens is 466 g/mol. The fraction of sp³-hybridized carbons (Fsp3) is 0.500. The number of methoxy groups -OCH3 is 2. The lowest BCUT2D eigenvalue weighted by molar-refractivity contribution is -0.121. The first-order chi connectivity index (χ1) is 16.6. The van der Waals surface area contributed by atoms with Gasteiger partial charge in [0.1, 0.15) is 5.25 Å². The number of amides is 1. The molecule has 2 aliphatic heterocycles. The van der Waals surface area contributed by atoms with Crippen molar-refractivity contribution in [2.75, 3.05) is 32.6 Å². The van der Waals surface area contributed by atoms with E-state index in [9.17, 15) is 13.2 Å². The first-order valence-electron chi connectivity index (χ1n) is 12.0. The number of nitrogens with one attached hydrogen (secondary N) is 2. The minimum Gasteiger partial charge on any atom is -0.493 e. The third-order valence-corrected chi connectivity index (χ3v) is 9.34. The van der Waals surface area contributed by atoms with Crippen LogP contribution in [0.15, 0.2) is 36.4 Å². The molecule has 0 aliphatic carbocycles. The van der Waals surface area contributed by atoms with E-state index in [1.807, 2.05) is 39.0 Å². The number of carbonyl (C=O) groups excluding carboxylic acids is 1. The van der Waals surface area contributed by atoms with Crippen molar-refractivity contribution in [3.05, 3.63) is 53.1 Å². The van der Waals surface area contributed by atoms with Crippen LogP contribution in [0.1, 0.15) is 41.7 Å². The van der Waals surface area contributed by atoms with E-state index < -0.39 is 15.3 Å². The number of anilines is 1. The quantitative estimate of drug-likeness (QED) is 0.628. The summed E-state index contributed by atoms with van der Waals surface area (Å²) in [5, 5.41) is 2.39. The predicted octanol–water partition coefficient (Wildman–Crippen LogP) is 3.61. The largest absolute Gasteiger partial charge is 0.493 e. The molecule has 2 aromatic carbocycles. The van der Waals surface area contributed by atoms with Crippen molar-refractivity contribution >= 4 is 21.6 Å². The maximum absolute atomic E-state index is 13.1. The smallest absolute Gasteiger partial charge is 0.227 e. The van der Waals surface area contributed by atoms with Gasteiger partial charge in [-0.2, -0.15) is 4.72 Å². The van der Waals surface area contributed by atoms with E-state index in [2.05, 4.69) is 14.9 Å². The van der Waals surface area contributed by atoms with Crippen LogP contribution in [-0.4, -0.2) is 52.7 Å². The first-order valence-corrected chi connectivity index (χ1v) is 13.5.